The molecule has 120 valence electrons. The second-order valence-corrected chi connectivity index (χ2v) is 7.15. The molecular formula is C17H13IN4OS. The molecular weight excluding hydrogens is 435 g/mol. The molecule has 5 nitrogen and oxygen atoms in total. The van der Waals surface area contributed by atoms with E-state index in [2.05, 4.69) is 44.9 Å². The summed E-state index contributed by atoms with van der Waals surface area (Å²) in [5, 5.41) is 7.73. The maximum Gasteiger partial charge on any atom is 0.262 e. The molecule has 0 bridgehead atoms. The summed E-state index contributed by atoms with van der Waals surface area (Å²) in [6.07, 6.45) is 0.755. The third-order valence-corrected chi connectivity index (χ3v) is 4.98. The van der Waals surface area contributed by atoms with Gasteiger partial charge in [-0.1, -0.05) is 30.3 Å². The molecule has 1 N–H and O–H groups in total. The Morgan fingerprint density at radius 3 is 2.75 bits per heavy atom. The largest absolute Gasteiger partial charge is 0.276 e. The van der Waals surface area contributed by atoms with E-state index in [1.165, 1.54) is 5.56 Å². The Morgan fingerprint density at radius 1 is 1.17 bits per heavy atom. The predicted octanol–water partition coefficient (Wildman–Crippen LogP) is 3.55. The van der Waals surface area contributed by atoms with Crippen LogP contribution >= 0.6 is 34.8 Å². The van der Waals surface area contributed by atoms with Crippen molar-refractivity contribution in [2.45, 2.75) is 13.0 Å². The highest BCUT2D eigenvalue weighted by atomic mass is 127. The molecule has 0 aliphatic rings. The number of aromatic amines is 1. The Hall–Kier alpha value is -2.00. The monoisotopic (exact) mass is 448 g/mol. The Balaban J connectivity index is 1.94. The first-order valence-electron chi connectivity index (χ1n) is 7.48. The minimum absolute atomic E-state index is 0.0408. The summed E-state index contributed by atoms with van der Waals surface area (Å²) < 4.78 is 5.02. The van der Waals surface area contributed by atoms with Gasteiger partial charge >= 0.3 is 0 Å². The molecule has 0 saturated carbocycles. The lowest BCUT2D eigenvalue weighted by molar-refractivity contribution is 0.678. The molecule has 2 heterocycles. The molecule has 0 aliphatic heterocycles. The number of aromatic nitrogens is 4. The molecule has 7 heteroatoms. The second kappa shape index (κ2) is 6.14. The molecule has 0 fully saturated rings. The fourth-order valence-electron chi connectivity index (χ4n) is 2.88. The molecule has 2 aromatic heterocycles. The number of halogens is 1. The number of fused-ring (bicyclic) bond motifs is 3. The highest BCUT2D eigenvalue weighted by Gasteiger charge is 2.13. The van der Waals surface area contributed by atoms with Gasteiger partial charge in [0.15, 0.2) is 0 Å². The van der Waals surface area contributed by atoms with E-state index in [0.29, 0.717) is 22.5 Å². The summed E-state index contributed by atoms with van der Waals surface area (Å²) in [4.78, 5) is 13.0. The third kappa shape index (κ3) is 2.57. The fraction of sp³-hybridized carbons (Fsp3) is 0.118. The molecule has 0 unspecified atom stereocenters. The van der Waals surface area contributed by atoms with E-state index >= 15 is 0 Å². The summed E-state index contributed by atoms with van der Waals surface area (Å²) in [7, 11) is 0. The van der Waals surface area contributed by atoms with Gasteiger partial charge in [-0.25, -0.2) is 5.10 Å². The van der Waals surface area contributed by atoms with Gasteiger partial charge in [-0.05, 0) is 65.0 Å². The lowest BCUT2D eigenvalue weighted by Crippen LogP contribution is -2.24. The smallest absolute Gasteiger partial charge is 0.262 e. The SMILES string of the molecule is O=c1c2cc(I)ccc2n2c(=S)[nH]nc2n1CCc1ccccc1. The topological polar surface area (TPSA) is 55.1 Å². The van der Waals surface area contributed by atoms with Crippen LogP contribution in [-0.2, 0) is 13.0 Å². The molecule has 0 saturated heterocycles. The minimum atomic E-state index is -0.0408. The van der Waals surface area contributed by atoms with Crippen LogP contribution in [-0.4, -0.2) is 19.2 Å². The van der Waals surface area contributed by atoms with E-state index in [1.54, 1.807) is 4.57 Å². The van der Waals surface area contributed by atoms with Crippen LogP contribution in [0.2, 0.25) is 0 Å². The lowest BCUT2D eigenvalue weighted by atomic mass is 10.1. The number of hydrogen-bond acceptors (Lipinski definition) is 3. The standard InChI is InChI=1S/C17H13IN4OS/c18-12-6-7-14-13(10-12)15(23)21(16-19-20-17(24)22(14)16)9-8-11-4-2-1-3-5-11/h1-7,10H,8-9H2,(H,20,24). The summed E-state index contributed by atoms with van der Waals surface area (Å²) in [6.45, 7) is 0.549. The Kier molecular flexibility index (Phi) is 3.97. The van der Waals surface area contributed by atoms with Crippen molar-refractivity contribution >= 4 is 51.5 Å². The van der Waals surface area contributed by atoms with Crippen molar-refractivity contribution in [1.82, 2.24) is 19.2 Å². The summed E-state index contributed by atoms with van der Waals surface area (Å²) in [5.74, 6) is 0.551. The molecule has 4 rings (SSSR count). The average Bonchev–Trinajstić information content (AvgIpc) is 2.97. The van der Waals surface area contributed by atoms with Gasteiger partial charge in [-0.15, -0.1) is 5.10 Å². The van der Waals surface area contributed by atoms with Crippen molar-refractivity contribution in [2.24, 2.45) is 0 Å². The quantitative estimate of drug-likeness (QED) is 0.385. The molecule has 0 amide bonds. The van der Waals surface area contributed by atoms with Crippen LogP contribution in [0.4, 0.5) is 0 Å². The zero-order valence-corrected chi connectivity index (χ0v) is 15.5. The number of H-pyrrole nitrogens is 1. The Morgan fingerprint density at radius 2 is 1.96 bits per heavy atom. The fourth-order valence-corrected chi connectivity index (χ4v) is 3.60. The van der Waals surface area contributed by atoms with E-state index in [9.17, 15) is 4.79 Å². The normalized spacial score (nSPS) is 11.4. The van der Waals surface area contributed by atoms with Gasteiger partial charge in [0.1, 0.15) is 0 Å². The van der Waals surface area contributed by atoms with Crippen molar-refractivity contribution in [2.75, 3.05) is 0 Å². The first kappa shape index (κ1) is 15.5. The lowest BCUT2D eigenvalue weighted by Gasteiger charge is -2.10. The summed E-state index contributed by atoms with van der Waals surface area (Å²) in [5.41, 5.74) is 1.92. The zero-order valence-electron chi connectivity index (χ0n) is 12.6. The van der Waals surface area contributed by atoms with Crippen molar-refractivity contribution in [3.63, 3.8) is 0 Å². The van der Waals surface area contributed by atoms with Crippen molar-refractivity contribution in [3.8, 4) is 0 Å². The summed E-state index contributed by atoms with van der Waals surface area (Å²) in [6, 6.07) is 15.9. The number of nitrogens with one attached hydrogen (secondary N) is 1. The van der Waals surface area contributed by atoms with Crippen molar-refractivity contribution in [1.29, 1.82) is 0 Å². The third-order valence-electron chi connectivity index (χ3n) is 4.04. The maximum atomic E-state index is 13.0. The highest BCUT2D eigenvalue weighted by molar-refractivity contribution is 14.1. The van der Waals surface area contributed by atoms with Crippen molar-refractivity contribution in [3.05, 3.63) is 72.8 Å². The minimum Gasteiger partial charge on any atom is -0.276 e. The van der Waals surface area contributed by atoms with Gasteiger partial charge in [-0.3, -0.25) is 13.8 Å². The van der Waals surface area contributed by atoms with Gasteiger partial charge in [-0.2, -0.15) is 0 Å². The van der Waals surface area contributed by atoms with E-state index in [-0.39, 0.29) is 5.56 Å². The molecule has 24 heavy (non-hydrogen) atoms. The van der Waals surface area contributed by atoms with Gasteiger partial charge in [0, 0.05) is 10.1 Å². The van der Waals surface area contributed by atoms with Crippen LogP contribution in [0.5, 0.6) is 0 Å². The van der Waals surface area contributed by atoms with Crippen LogP contribution in [0.15, 0.2) is 53.3 Å². The predicted molar refractivity (Wildman–Crippen MR) is 105 cm³/mol. The average molecular weight is 448 g/mol. The van der Waals surface area contributed by atoms with Crippen LogP contribution < -0.4 is 5.56 Å². The number of nitrogens with zero attached hydrogens (tertiary/aromatic N) is 3. The highest BCUT2D eigenvalue weighted by Crippen LogP contribution is 2.16. The van der Waals surface area contributed by atoms with E-state index in [1.807, 2.05) is 40.8 Å². The number of hydrogen-bond donors (Lipinski definition) is 1. The molecule has 0 radical (unpaired) electrons. The van der Waals surface area contributed by atoms with Gasteiger partial charge in [0.2, 0.25) is 10.5 Å². The molecule has 0 atom stereocenters. The number of aryl methyl sites for hydroxylation is 2. The van der Waals surface area contributed by atoms with E-state index < -0.39 is 0 Å². The second-order valence-electron chi connectivity index (χ2n) is 5.52. The Labute approximate surface area is 156 Å². The van der Waals surface area contributed by atoms with Crippen LogP contribution in [0.3, 0.4) is 0 Å². The molecule has 4 aromatic rings. The van der Waals surface area contributed by atoms with E-state index in [0.717, 1.165) is 15.5 Å². The first-order chi connectivity index (χ1) is 11.6. The Bertz CT molecular complexity index is 1160. The van der Waals surface area contributed by atoms with Gasteiger partial charge in [0.05, 0.1) is 10.9 Å². The first-order valence-corrected chi connectivity index (χ1v) is 8.97. The van der Waals surface area contributed by atoms with Crippen molar-refractivity contribution < 1.29 is 0 Å². The number of benzene rings is 2. The summed E-state index contributed by atoms with van der Waals surface area (Å²) >= 11 is 7.57. The van der Waals surface area contributed by atoms with E-state index in [4.69, 9.17) is 12.2 Å². The molecule has 0 aliphatic carbocycles. The number of rotatable bonds is 3. The maximum absolute atomic E-state index is 13.0. The van der Waals surface area contributed by atoms with Crippen LogP contribution in [0.25, 0.3) is 16.7 Å². The van der Waals surface area contributed by atoms with Gasteiger partial charge < -0.3 is 0 Å². The zero-order chi connectivity index (χ0) is 16.7. The van der Waals surface area contributed by atoms with Gasteiger partial charge in [0.25, 0.3) is 5.56 Å². The van der Waals surface area contributed by atoms with Crippen LogP contribution in [0.1, 0.15) is 5.56 Å². The van der Waals surface area contributed by atoms with Crippen LogP contribution in [0, 0.1) is 8.34 Å². The molecule has 0 spiro atoms. The molecule has 2 aromatic carbocycles.